The minimum absolute atomic E-state index is 0.269. The summed E-state index contributed by atoms with van der Waals surface area (Å²) in [5.74, 6) is 0.539. The van der Waals surface area contributed by atoms with Gasteiger partial charge in [-0.05, 0) is 73.0 Å². The van der Waals surface area contributed by atoms with Crippen molar-refractivity contribution in [3.63, 3.8) is 0 Å². The first-order valence-electron chi connectivity index (χ1n) is 13.3. The summed E-state index contributed by atoms with van der Waals surface area (Å²) in [6.45, 7) is 0. The third kappa shape index (κ3) is 3.51. The molecule has 6 nitrogen and oxygen atoms in total. The molecule has 196 valence electrons. The quantitative estimate of drug-likeness (QED) is 0.154. The molecule has 0 unspecified atom stereocenters. The number of fused-ring (bicyclic) bond motifs is 5. The molecule has 0 bridgehead atoms. The van der Waals surface area contributed by atoms with Crippen LogP contribution < -0.4 is 9.80 Å². The summed E-state index contributed by atoms with van der Waals surface area (Å²) in [6.07, 6.45) is 0. The first kappa shape index (κ1) is 24.4. The summed E-state index contributed by atoms with van der Waals surface area (Å²) < 4.78 is 0. The molecule has 0 spiro atoms. The summed E-state index contributed by atoms with van der Waals surface area (Å²) in [5.41, 5.74) is 9.96. The average Bonchev–Trinajstić information content (AvgIpc) is 3.35. The number of hydrogen-bond donors (Lipinski definition) is 0. The maximum absolute atomic E-state index is 4.85. The summed E-state index contributed by atoms with van der Waals surface area (Å²) in [7, 11) is 0. The van der Waals surface area contributed by atoms with E-state index in [9.17, 15) is 0 Å². The molecule has 2 heterocycles. The molecule has 0 saturated heterocycles. The van der Waals surface area contributed by atoms with Gasteiger partial charge in [0.25, 0.3) is 0 Å². The van der Waals surface area contributed by atoms with E-state index in [0.717, 1.165) is 67.4 Å². The van der Waals surface area contributed by atoms with E-state index < -0.39 is 0 Å². The average molecular weight is 575 g/mol. The minimum atomic E-state index is 0.269. The summed E-state index contributed by atoms with van der Waals surface area (Å²) in [6, 6.07) is 38.1. The maximum atomic E-state index is 4.85. The lowest BCUT2D eigenvalue weighted by Gasteiger charge is -2.40. The molecule has 1 aliphatic heterocycles. The van der Waals surface area contributed by atoms with Crippen LogP contribution in [-0.4, -0.2) is 20.3 Å². The monoisotopic (exact) mass is 574 g/mol. The molecule has 6 aromatic rings. The van der Waals surface area contributed by atoms with Crippen molar-refractivity contribution >= 4 is 91.3 Å². The number of aromatic nitrogens is 2. The first-order chi connectivity index (χ1) is 20.8. The highest BCUT2D eigenvalue weighted by molar-refractivity contribution is 7.78. The predicted molar refractivity (Wildman–Crippen MR) is 176 cm³/mol. The van der Waals surface area contributed by atoms with E-state index in [-0.39, 0.29) is 11.6 Å². The first-order valence-corrected chi connectivity index (χ1v) is 14.1. The van der Waals surface area contributed by atoms with Crippen molar-refractivity contribution in [1.82, 2.24) is 9.97 Å². The van der Waals surface area contributed by atoms with Gasteiger partial charge in [0.15, 0.2) is 0 Å². The number of benzene rings is 5. The van der Waals surface area contributed by atoms with Crippen molar-refractivity contribution in [3.05, 3.63) is 109 Å². The van der Waals surface area contributed by atoms with E-state index >= 15 is 0 Å². The Labute approximate surface area is 252 Å². The van der Waals surface area contributed by atoms with Gasteiger partial charge < -0.3 is 9.80 Å². The van der Waals surface area contributed by atoms with E-state index in [1.807, 2.05) is 6.07 Å². The largest absolute Gasteiger partial charge is 0.306 e. The van der Waals surface area contributed by atoms with Crippen LogP contribution in [-0.2, 0) is 0 Å². The second-order valence-electron chi connectivity index (χ2n) is 9.82. The van der Waals surface area contributed by atoms with Crippen LogP contribution in [0.5, 0.6) is 0 Å². The van der Waals surface area contributed by atoms with Gasteiger partial charge in [-0.3, -0.25) is 0 Å². The Bertz CT molecular complexity index is 2080. The van der Waals surface area contributed by atoms with Crippen molar-refractivity contribution in [2.24, 2.45) is 9.98 Å². The van der Waals surface area contributed by atoms with Crippen molar-refractivity contribution in [2.75, 3.05) is 9.80 Å². The van der Waals surface area contributed by atoms with Crippen LogP contribution in [0, 0.1) is 0 Å². The number of isothiocyanates is 2. The van der Waals surface area contributed by atoms with Gasteiger partial charge in [0.2, 0.25) is 11.6 Å². The standard InChI is InChI=1S/C34H18N6S2/c41-19-35-33-34(36-20-42)38-32-24-17-18-25(22-11-8-12-23(30(22)24)31(32)37-33)40-28-15-6-4-13-26(28)39(21-9-2-1-3-10-21)27-14-5-7-16-29(27)40/h1-18H. The molecule has 8 heteroatoms. The second-order valence-corrected chi connectivity index (χ2v) is 10.2. The Morgan fingerprint density at radius 3 is 1.60 bits per heavy atom. The van der Waals surface area contributed by atoms with E-state index in [4.69, 9.17) is 34.4 Å². The number of anilines is 6. The molecule has 42 heavy (non-hydrogen) atoms. The Morgan fingerprint density at radius 1 is 0.500 bits per heavy atom. The van der Waals surface area contributed by atoms with E-state index in [1.54, 1.807) is 0 Å². The SMILES string of the molecule is S=C=Nc1nc2c(nc1N=C=S)-c1ccc(N3c4ccccc4N(c4ccccc4)c4ccccc43)c3cccc-2c13. The molecular weight excluding hydrogens is 557 g/mol. The van der Waals surface area contributed by atoms with Crippen LogP contribution in [0.1, 0.15) is 0 Å². The van der Waals surface area contributed by atoms with Crippen LogP contribution >= 0.6 is 24.4 Å². The molecule has 0 atom stereocenters. The fourth-order valence-electron chi connectivity index (χ4n) is 6.07. The zero-order valence-electron chi connectivity index (χ0n) is 21.9. The zero-order valence-corrected chi connectivity index (χ0v) is 23.5. The molecule has 1 aliphatic carbocycles. The molecule has 0 N–H and O–H groups in total. The van der Waals surface area contributed by atoms with Gasteiger partial charge in [-0.1, -0.05) is 60.7 Å². The van der Waals surface area contributed by atoms with Gasteiger partial charge in [0.05, 0.1) is 50.1 Å². The van der Waals surface area contributed by atoms with Crippen LogP contribution in [0.4, 0.5) is 45.8 Å². The van der Waals surface area contributed by atoms with Gasteiger partial charge >= 0.3 is 0 Å². The molecule has 0 radical (unpaired) electrons. The van der Waals surface area contributed by atoms with E-state index in [0.29, 0.717) is 0 Å². The summed E-state index contributed by atoms with van der Waals surface area (Å²) in [4.78, 5) is 22.5. The highest BCUT2D eigenvalue weighted by atomic mass is 32.1. The number of hydrogen-bond acceptors (Lipinski definition) is 8. The van der Waals surface area contributed by atoms with Crippen molar-refractivity contribution < 1.29 is 0 Å². The molecular formula is C34H18N6S2. The van der Waals surface area contributed by atoms with Crippen LogP contribution in [0.25, 0.3) is 33.3 Å². The Morgan fingerprint density at radius 2 is 1.02 bits per heavy atom. The van der Waals surface area contributed by atoms with Gasteiger partial charge in [-0.2, -0.15) is 9.98 Å². The molecule has 8 rings (SSSR count). The maximum Gasteiger partial charge on any atom is 0.209 e. The van der Waals surface area contributed by atoms with Crippen molar-refractivity contribution in [2.45, 2.75) is 0 Å². The lowest BCUT2D eigenvalue weighted by molar-refractivity contribution is 1.17. The number of nitrogens with zero attached hydrogens (tertiary/aromatic N) is 6. The number of thiocarbonyl (C=S) groups is 2. The normalized spacial score (nSPS) is 12.2. The van der Waals surface area contributed by atoms with Crippen LogP contribution in [0.2, 0.25) is 0 Å². The number of rotatable bonds is 4. The van der Waals surface area contributed by atoms with E-state index in [2.05, 4.69) is 133 Å². The zero-order chi connectivity index (χ0) is 28.2. The highest BCUT2D eigenvalue weighted by Gasteiger charge is 2.33. The third-order valence-electron chi connectivity index (χ3n) is 7.67. The Balaban J connectivity index is 1.39. The van der Waals surface area contributed by atoms with Crippen LogP contribution in [0.15, 0.2) is 119 Å². The fraction of sp³-hybridized carbons (Fsp3) is 0. The van der Waals surface area contributed by atoms with Gasteiger partial charge in [0, 0.05) is 27.6 Å². The molecule has 5 aromatic carbocycles. The number of para-hydroxylation sites is 5. The highest BCUT2D eigenvalue weighted by Crippen LogP contribution is 2.57. The topological polar surface area (TPSA) is 57.0 Å². The predicted octanol–water partition coefficient (Wildman–Crippen LogP) is 10.00. The lowest BCUT2D eigenvalue weighted by Crippen LogP contribution is -2.24. The Kier molecular flexibility index (Phi) is 5.60. The molecule has 0 fully saturated rings. The second kappa shape index (κ2) is 9.63. The molecule has 0 saturated carbocycles. The van der Waals surface area contributed by atoms with Gasteiger partial charge in [-0.25, -0.2) is 9.97 Å². The fourth-order valence-corrected chi connectivity index (χ4v) is 6.24. The Hall–Kier alpha value is -5.36. The van der Waals surface area contributed by atoms with Gasteiger partial charge in [-0.15, -0.1) is 0 Å². The molecule has 2 aliphatic rings. The smallest absolute Gasteiger partial charge is 0.209 e. The minimum Gasteiger partial charge on any atom is -0.306 e. The third-order valence-corrected chi connectivity index (χ3v) is 7.86. The van der Waals surface area contributed by atoms with Crippen molar-refractivity contribution in [3.8, 4) is 22.5 Å². The van der Waals surface area contributed by atoms with E-state index in [1.165, 1.54) is 0 Å². The van der Waals surface area contributed by atoms with Crippen LogP contribution in [0.3, 0.4) is 0 Å². The molecule has 0 amide bonds. The summed E-state index contributed by atoms with van der Waals surface area (Å²) >= 11 is 9.70. The van der Waals surface area contributed by atoms with Gasteiger partial charge in [0.1, 0.15) is 0 Å². The summed E-state index contributed by atoms with van der Waals surface area (Å²) in [5, 5.41) is 6.92. The number of aliphatic imine (C=N–C) groups is 2. The lowest BCUT2D eigenvalue weighted by atomic mass is 9.99. The van der Waals surface area contributed by atoms with Crippen molar-refractivity contribution in [1.29, 1.82) is 0 Å². The molecule has 1 aromatic heterocycles.